The Hall–Kier alpha value is -3.65. The Balaban J connectivity index is 1.76. The highest BCUT2D eigenvalue weighted by atomic mass is 14.8. The highest BCUT2D eigenvalue weighted by Crippen LogP contribution is 2.34. The zero-order valence-electron chi connectivity index (χ0n) is 14.8. The Bertz CT molecular complexity index is 1180. The third-order valence-electron chi connectivity index (χ3n) is 5.01. The van der Waals surface area contributed by atoms with Crippen molar-refractivity contribution in [3.63, 3.8) is 0 Å². The van der Waals surface area contributed by atoms with Crippen molar-refractivity contribution in [1.29, 1.82) is 0 Å². The van der Waals surface area contributed by atoms with E-state index < -0.39 is 0 Å². The minimum atomic E-state index is 0.531. The Morgan fingerprint density at radius 1 is 0.556 bits per heavy atom. The molecule has 2 nitrogen and oxygen atoms in total. The van der Waals surface area contributed by atoms with Crippen molar-refractivity contribution in [2.75, 3.05) is 5.73 Å². The summed E-state index contributed by atoms with van der Waals surface area (Å²) in [4.78, 5) is 4.64. The topological polar surface area (TPSA) is 38.9 Å². The summed E-state index contributed by atoms with van der Waals surface area (Å²) in [5.41, 5.74) is 10.5. The van der Waals surface area contributed by atoms with E-state index in [2.05, 4.69) is 96.0 Å². The summed E-state index contributed by atoms with van der Waals surface area (Å²) >= 11 is 0. The van der Waals surface area contributed by atoms with Crippen LogP contribution >= 0.6 is 0 Å². The molecule has 0 saturated heterocycles. The molecule has 0 fully saturated rings. The van der Waals surface area contributed by atoms with Gasteiger partial charge in [0.25, 0.3) is 0 Å². The molecule has 1 aromatic heterocycles. The number of benzene rings is 4. The molecule has 0 unspecified atom stereocenters. The number of hydrogen-bond donors (Lipinski definition) is 1. The zero-order valence-corrected chi connectivity index (χ0v) is 14.8. The van der Waals surface area contributed by atoms with Gasteiger partial charge in [-0.05, 0) is 44.8 Å². The van der Waals surface area contributed by atoms with Crippen molar-refractivity contribution in [2.45, 2.75) is 0 Å². The molecule has 0 atom stereocenters. The molecule has 0 aliphatic rings. The first-order chi connectivity index (χ1) is 13.3. The third kappa shape index (κ3) is 2.72. The average Bonchev–Trinajstić information content (AvgIpc) is 2.72. The molecule has 5 aromatic rings. The second-order valence-electron chi connectivity index (χ2n) is 6.72. The van der Waals surface area contributed by atoms with E-state index in [1.54, 1.807) is 0 Å². The molecule has 0 spiro atoms. The first kappa shape index (κ1) is 15.6. The Morgan fingerprint density at radius 2 is 1.11 bits per heavy atom. The summed E-state index contributed by atoms with van der Waals surface area (Å²) in [7, 11) is 0. The van der Waals surface area contributed by atoms with Gasteiger partial charge in [-0.2, -0.15) is 0 Å². The molecule has 0 amide bonds. The average molecular weight is 346 g/mol. The molecular weight excluding hydrogens is 328 g/mol. The summed E-state index contributed by atoms with van der Waals surface area (Å²) in [6.07, 6.45) is 0. The molecule has 2 N–H and O–H groups in total. The molecule has 0 saturated carbocycles. The van der Waals surface area contributed by atoms with Crippen LogP contribution in [0.3, 0.4) is 0 Å². The second kappa shape index (κ2) is 6.26. The lowest BCUT2D eigenvalue weighted by molar-refractivity contribution is 1.34. The summed E-state index contributed by atoms with van der Waals surface area (Å²) < 4.78 is 0. The lowest BCUT2D eigenvalue weighted by Crippen LogP contribution is -1.95. The molecule has 27 heavy (non-hydrogen) atoms. The van der Waals surface area contributed by atoms with Crippen LogP contribution in [0.25, 0.3) is 43.9 Å². The van der Waals surface area contributed by atoms with E-state index in [0.29, 0.717) is 5.82 Å². The molecule has 4 aromatic carbocycles. The SMILES string of the molecule is Nc1cc(-c2cccc3ccccc23)cc(-c2cccc3ccccc23)n1. The van der Waals surface area contributed by atoms with Gasteiger partial charge >= 0.3 is 0 Å². The predicted molar refractivity (Wildman–Crippen MR) is 115 cm³/mol. The van der Waals surface area contributed by atoms with Crippen LogP contribution in [0.5, 0.6) is 0 Å². The van der Waals surface area contributed by atoms with E-state index in [1.165, 1.54) is 27.1 Å². The fourth-order valence-electron chi connectivity index (χ4n) is 3.77. The number of nitrogens with zero attached hydrogens (tertiary/aromatic N) is 1. The summed E-state index contributed by atoms with van der Waals surface area (Å²) in [6, 6.07) is 33.5. The monoisotopic (exact) mass is 346 g/mol. The molecular formula is C25H18N2. The van der Waals surface area contributed by atoms with Crippen molar-refractivity contribution in [2.24, 2.45) is 0 Å². The van der Waals surface area contributed by atoms with Gasteiger partial charge in [-0.1, -0.05) is 84.9 Å². The number of hydrogen-bond acceptors (Lipinski definition) is 2. The van der Waals surface area contributed by atoms with Crippen molar-refractivity contribution in [3.05, 3.63) is 97.1 Å². The largest absolute Gasteiger partial charge is 0.384 e. The maximum atomic E-state index is 6.21. The summed E-state index contributed by atoms with van der Waals surface area (Å²) in [6.45, 7) is 0. The van der Waals surface area contributed by atoms with E-state index in [-0.39, 0.29) is 0 Å². The fraction of sp³-hybridized carbons (Fsp3) is 0. The smallest absolute Gasteiger partial charge is 0.124 e. The van der Waals surface area contributed by atoms with Gasteiger partial charge < -0.3 is 5.73 Å². The molecule has 0 radical (unpaired) electrons. The highest BCUT2D eigenvalue weighted by molar-refractivity contribution is 5.99. The van der Waals surface area contributed by atoms with Gasteiger partial charge in [-0.25, -0.2) is 4.98 Å². The number of rotatable bonds is 2. The summed E-state index contributed by atoms with van der Waals surface area (Å²) in [5, 5.41) is 4.82. The minimum Gasteiger partial charge on any atom is -0.384 e. The normalized spacial score (nSPS) is 11.1. The Kier molecular flexibility index (Phi) is 3.61. The van der Waals surface area contributed by atoms with Gasteiger partial charge in [0, 0.05) is 5.56 Å². The van der Waals surface area contributed by atoms with Crippen molar-refractivity contribution >= 4 is 27.4 Å². The van der Waals surface area contributed by atoms with Gasteiger partial charge in [0.05, 0.1) is 5.69 Å². The first-order valence-corrected chi connectivity index (χ1v) is 9.03. The molecule has 128 valence electrons. The second-order valence-corrected chi connectivity index (χ2v) is 6.72. The van der Waals surface area contributed by atoms with Crippen LogP contribution in [0.4, 0.5) is 5.82 Å². The Labute approximate surface area is 157 Å². The highest BCUT2D eigenvalue weighted by Gasteiger charge is 2.10. The molecule has 1 heterocycles. The molecule has 2 heteroatoms. The number of anilines is 1. The predicted octanol–water partition coefficient (Wildman–Crippen LogP) is 6.30. The molecule has 0 bridgehead atoms. The quantitative estimate of drug-likeness (QED) is 0.407. The summed E-state index contributed by atoms with van der Waals surface area (Å²) in [5.74, 6) is 0.531. The van der Waals surface area contributed by atoms with E-state index in [4.69, 9.17) is 5.73 Å². The van der Waals surface area contributed by atoms with Gasteiger partial charge in [-0.3, -0.25) is 0 Å². The lowest BCUT2D eigenvalue weighted by atomic mass is 9.96. The first-order valence-electron chi connectivity index (χ1n) is 9.03. The van der Waals surface area contributed by atoms with Gasteiger partial charge in [0.2, 0.25) is 0 Å². The fourth-order valence-corrected chi connectivity index (χ4v) is 3.77. The van der Waals surface area contributed by atoms with E-state index in [1.807, 2.05) is 6.07 Å². The van der Waals surface area contributed by atoms with E-state index >= 15 is 0 Å². The van der Waals surface area contributed by atoms with Crippen molar-refractivity contribution in [3.8, 4) is 22.4 Å². The van der Waals surface area contributed by atoms with Crippen LogP contribution in [0.15, 0.2) is 97.1 Å². The number of aromatic nitrogens is 1. The van der Waals surface area contributed by atoms with Crippen molar-refractivity contribution < 1.29 is 0 Å². The van der Waals surface area contributed by atoms with Gasteiger partial charge in [0.15, 0.2) is 0 Å². The Morgan fingerprint density at radius 3 is 1.81 bits per heavy atom. The molecule has 0 aliphatic carbocycles. The lowest BCUT2D eigenvalue weighted by Gasteiger charge is -2.11. The van der Waals surface area contributed by atoms with Gasteiger partial charge in [0.1, 0.15) is 5.82 Å². The van der Waals surface area contributed by atoms with Gasteiger partial charge in [-0.15, -0.1) is 0 Å². The maximum Gasteiger partial charge on any atom is 0.124 e. The van der Waals surface area contributed by atoms with Crippen LogP contribution in [0.1, 0.15) is 0 Å². The number of fused-ring (bicyclic) bond motifs is 2. The van der Waals surface area contributed by atoms with Crippen LogP contribution < -0.4 is 5.73 Å². The van der Waals surface area contributed by atoms with Crippen LogP contribution in [0.2, 0.25) is 0 Å². The van der Waals surface area contributed by atoms with Crippen LogP contribution in [0, 0.1) is 0 Å². The molecule has 5 rings (SSSR count). The van der Waals surface area contributed by atoms with Crippen LogP contribution in [-0.4, -0.2) is 4.98 Å². The minimum absolute atomic E-state index is 0.531. The third-order valence-corrected chi connectivity index (χ3v) is 5.01. The zero-order chi connectivity index (χ0) is 18.2. The number of pyridine rings is 1. The standard InChI is InChI=1S/C25H18N2/c26-25-16-19(22-13-5-9-17-7-1-3-11-20(17)22)15-24(27-25)23-14-6-10-18-8-2-4-12-21(18)23/h1-16H,(H2,26,27). The maximum absolute atomic E-state index is 6.21. The van der Waals surface area contributed by atoms with E-state index in [9.17, 15) is 0 Å². The van der Waals surface area contributed by atoms with Crippen molar-refractivity contribution in [1.82, 2.24) is 4.98 Å². The number of nitrogens with two attached hydrogens (primary N) is 1. The van der Waals surface area contributed by atoms with E-state index in [0.717, 1.165) is 16.8 Å². The molecule has 0 aliphatic heterocycles. The van der Waals surface area contributed by atoms with Crippen LogP contribution in [-0.2, 0) is 0 Å². The number of nitrogen functional groups attached to an aromatic ring is 1.